The fourth-order valence-corrected chi connectivity index (χ4v) is 3.58. The molecule has 0 atom stereocenters. The highest BCUT2D eigenvalue weighted by Crippen LogP contribution is 2.39. The van der Waals surface area contributed by atoms with E-state index in [-0.39, 0.29) is 5.56 Å². The predicted octanol–water partition coefficient (Wildman–Crippen LogP) is 5.24. The molecular formula is C25H21ClN2O4. The van der Waals surface area contributed by atoms with Gasteiger partial charge in [0.2, 0.25) is 5.75 Å². The van der Waals surface area contributed by atoms with Crippen LogP contribution in [0.1, 0.15) is 11.4 Å². The minimum absolute atomic E-state index is 0.208. The van der Waals surface area contributed by atoms with Crippen molar-refractivity contribution in [3.63, 3.8) is 0 Å². The molecule has 1 heterocycles. The summed E-state index contributed by atoms with van der Waals surface area (Å²) in [4.78, 5) is 18.3. The van der Waals surface area contributed by atoms with E-state index in [0.717, 1.165) is 5.56 Å². The van der Waals surface area contributed by atoms with Gasteiger partial charge in [-0.25, -0.2) is 4.98 Å². The summed E-state index contributed by atoms with van der Waals surface area (Å²) in [5.41, 5.74) is 1.87. The molecule has 0 aliphatic rings. The number of rotatable bonds is 6. The van der Waals surface area contributed by atoms with Gasteiger partial charge in [0.15, 0.2) is 11.5 Å². The van der Waals surface area contributed by atoms with Crippen LogP contribution in [0.3, 0.4) is 0 Å². The van der Waals surface area contributed by atoms with Crippen molar-refractivity contribution in [2.24, 2.45) is 0 Å². The summed E-state index contributed by atoms with van der Waals surface area (Å²) >= 11 is 5.99. The third kappa shape index (κ3) is 4.05. The van der Waals surface area contributed by atoms with Crippen LogP contribution in [0, 0.1) is 0 Å². The number of ether oxygens (including phenoxy) is 3. The van der Waals surface area contributed by atoms with Gasteiger partial charge in [-0.3, -0.25) is 9.36 Å². The SMILES string of the molecule is COc1cc(-n2c(/C=C/c3ccc(Cl)cc3)nc3ccccc3c2=O)cc(OC)c1OC. The van der Waals surface area contributed by atoms with Crippen LogP contribution in [-0.4, -0.2) is 30.9 Å². The van der Waals surface area contributed by atoms with Gasteiger partial charge in [0.05, 0.1) is 37.9 Å². The van der Waals surface area contributed by atoms with Crippen LogP contribution in [0.15, 0.2) is 65.5 Å². The van der Waals surface area contributed by atoms with Crippen molar-refractivity contribution in [3.8, 4) is 22.9 Å². The molecule has 0 aliphatic carbocycles. The Labute approximate surface area is 190 Å². The Kier molecular flexibility index (Phi) is 6.14. The molecule has 7 heteroatoms. The first-order valence-corrected chi connectivity index (χ1v) is 10.2. The number of hydrogen-bond acceptors (Lipinski definition) is 5. The Morgan fingerprint density at radius 2 is 1.53 bits per heavy atom. The summed E-state index contributed by atoms with van der Waals surface area (Å²) in [6, 6.07) is 18.1. The highest BCUT2D eigenvalue weighted by molar-refractivity contribution is 6.30. The molecule has 0 saturated heterocycles. The predicted molar refractivity (Wildman–Crippen MR) is 127 cm³/mol. The standard InChI is InChI=1S/C25H21ClN2O4/c1-30-21-14-18(15-22(31-2)24(21)32-3)28-23(13-10-16-8-11-17(26)12-9-16)27-20-7-5-4-6-19(20)25(28)29/h4-15H,1-3H3/b13-10+. The maximum absolute atomic E-state index is 13.5. The molecule has 0 bridgehead atoms. The van der Waals surface area contributed by atoms with E-state index >= 15 is 0 Å². The molecule has 4 rings (SSSR count). The molecule has 0 amide bonds. The molecule has 0 saturated carbocycles. The second-order valence-corrected chi connectivity index (χ2v) is 7.33. The maximum atomic E-state index is 13.5. The monoisotopic (exact) mass is 448 g/mol. The number of nitrogens with zero attached hydrogens (tertiary/aromatic N) is 2. The topological polar surface area (TPSA) is 62.6 Å². The fourth-order valence-electron chi connectivity index (χ4n) is 3.45. The highest BCUT2D eigenvalue weighted by Gasteiger charge is 2.17. The lowest BCUT2D eigenvalue weighted by Crippen LogP contribution is -2.22. The van der Waals surface area contributed by atoms with Gasteiger partial charge in [-0.2, -0.15) is 0 Å². The minimum Gasteiger partial charge on any atom is -0.493 e. The summed E-state index contributed by atoms with van der Waals surface area (Å²) in [6.07, 6.45) is 3.67. The van der Waals surface area contributed by atoms with E-state index in [9.17, 15) is 4.79 Å². The molecule has 0 spiro atoms. The first kappa shape index (κ1) is 21.5. The summed E-state index contributed by atoms with van der Waals surface area (Å²) in [6.45, 7) is 0. The van der Waals surface area contributed by atoms with E-state index in [0.29, 0.717) is 44.7 Å². The molecule has 162 valence electrons. The van der Waals surface area contributed by atoms with E-state index in [1.54, 1.807) is 36.4 Å². The summed E-state index contributed by atoms with van der Waals surface area (Å²) in [5.74, 6) is 1.78. The minimum atomic E-state index is -0.208. The maximum Gasteiger partial charge on any atom is 0.266 e. The summed E-state index contributed by atoms with van der Waals surface area (Å²) < 4.78 is 17.9. The fraction of sp³-hybridized carbons (Fsp3) is 0.120. The smallest absolute Gasteiger partial charge is 0.266 e. The number of fused-ring (bicyclic) bond motifs is 1. The molecule has 6 nitrogen and oxygen atoms in total. The van der Waals surface area contributed by atoms with Crippen LogP contribution in [0.4, 0.5) is 0 Å². The van der Waals surface area contributed by atoms with Crippen molar-refractivity contribution >= 4 is 34.7 Å². The molecule has 0 radical (unpaired) electrons. The first-order chi connectivity index (χ1) is 15.5. The molecule has 4 aromatic rings. The zero-order valence-electron chi connectivity index (χ0n) is 17.8. The van der Waals surface area contributed by atoms with Crippen molar-refractivity contribution in [1.82, 2.24) is 9.55 Å². The normalized spacial score (nSPS) is 11.1. The quantitative estimate of drug-likeness (QED) is 0.404. The number of hydrogen-bond donors (Lipinski definition) is 0. The lowest BCUT2D eigenvalue weighted by molar-refractivity contribution is 0.324. The number of aromatic nitrogens is 2. The molecular weight excluding hydrogens is 428 g/mol. The number of benzene rings is 3. The van der Waals surface area contributed by atoms with Crippen LogP contribution in [0.5, 0.6) is 17.2 Å². The molecule has 0 unspecified atom stereocenters. The Morgan fingerprint density at radius 1 is 0.875 bits per heavy atom. The van der Waals surface area contributed by atoms with Crippen molar-refractivity contribution in [2.45, 2.75) is 0 Å². The summed E-state index contributed by atoms with van der Waals surface area (Å²) in [7, 11) is 4.59. The lowest BCUT2D eigenvalue weighted by atomic mass is 10.2. The molecule has 0 N–H and O–H groups in total. The van der Waals surface area contributed by atoms with Crippen molar-refractivity contribution < 1.29 is 14.2 Å². The molecule has 0 fully saturated rings. The average molecular weight is 449 g/mol. The van der Waals surface area contributed by atoms with Gasteiger partial charge in [-0.05, 0) is 35.9 Å². The van der Waals surface area contributed by atoms with Crippen LogP contribution in [-0.2, 0) is 0 Å². The van der Waals surface area contributed by atoms with Crippen molar-refractivity contribution in [3.05, 3.63) is 87.4 Å². The van der Waals surface area contributed by atoms with E-state index in [2.05, 4.69) is 0 Å². The van der Waals surface area contributed by atoms with Gasteiger partial charge in [0.1, 0.15) is 5.82 Å². The Balaban J connectivity index is 1.97. The van der Waals surface area contributed by atoms with Gasteiger partial charge < -0.3 is 14.2 Å². The number of para-hydroxylation sites is 1. The lowest BCUT2D eigenvalue weighted by Gasteiger charge is -2.17. The van der Waals surface area contributed by atoms with E-state index in [1.807, 2.05) is 36.4 Å². The Bertz CT molecular complexity index is 1340. The Morgan fingerprint density at radius 3 is 2.16 bits per heavy atom. The van der Waals surface area contributed by atoms with Crippen LogP contribution in [0.25, 0.3) is 28.7 Å². The van der Waals surface area contributed by atoms with E-state index in [1.165, 1.54) is 25.9 Å². The number of methoxy groups -OCH3 is 3. The van der Waals surface area contributed by atoms with Gasteiger partial charge in [0, 0.05) is 17.2 Å². The summed E-state index contributed by atoms with van der Waals surface area (Å²) in [5, 5.41) is 1.16. The zero-order valence-corrected chi connectivity index (χ0v) is 18.6. The van der Waals surface area contributed by atoms with Gasteiger partial charge in [-0.1, -0.05) is 41.9 Å². The van der Waals surface area contributed by atoms with Crippen LogP contribution in [0.2, 0.25) is 5.02 Å². The largest absolute Gasteiger partial charge is 0.493 e. The molecule has 1 aromatic heterocycles. The van der Waals surface area contributed by atoms with E-state index < -0.39 is 0 Å². The zero-order chi connectivity index (χ0) is 22.7. The van der Waals surface area contributed by atoms with Gasteiger partial charge >= 0.3 is 0 Å². The molecule has 32 heavy (non-hydrogen) atoms. The van der Waals surface area contributed by atoms with E-state index in [4.69, 9.17) is 30.8 Å². The second kappa shape index (κ2) is 9.16. The first-order valence-electron chi connectivity index (χ1n) is 9.81. The molecule has 3 aromatic carbocycles. The van der Waals surface area contributed by atoms with Crippen molar-refractivity contribution in [1.29, 1.82) is 0 Å². The van der Waals surface area contributed by atoms with Gasteiger partial charge in [0.25, 0.3) is 5.56 Å². The van der Waals surface area contributed by atoms with Crippen LogP contribution >= 0.6 is 11.6 Å². The molecule has 0 aliphatic heterocycles. The average Bonchev–Trinajstić information content (AvgIpc) is 2.82. The highest BCUT2D eigenvalue weighted by atomic mass is 35.5. The third-order valence-electron chi connectivity index (χ3n) is 5.00. The third-order valence-corrected chi connectivity index (χ3v) is 5.26. The number of halogens is 1. The Hall–Kier alpha value is -3.77. The van der Waals surface area contributed by atoms with Gasteiger partial charge in [-0.15, -0.1) is 0 Å². The van der Waals surface area contributed by atoms with Crippen molar-refractivity contribution in [2.75, 3.05) is 21.3 Å². The second-order valence-electron chi connectivity index (χ2n) is 6.90. The van der Waals surface area contributed by atoms with Crippen LogP contribution < -0.4 is 19.8 Å².